The molecule has 0 spiro atoms. The van der Waals surface area contributed by atoms with Gasteiger partial charge in [-0.3, -0.25) is 4.79 Å². The number of carbonyl (C=O) groups is 1. The lowest BCUT2D eigenvalue weighted by atomic mass is 10.1. The van der Waals surface area contributed by atoms with E-state index in [1.165, 1.54) is 6.08 Å². The molecule has 0 bridgehead atoms. The second-order valence-corrected chi connectivity index (χ2v) is 6.08. The number of ether oxygens (including phenoxy) is 4. The molecule has 1 heterocycles. The molecule has 0 fully saturated rings. The number of methoxy groups -OCH3 is 1. The zero-order chi connectivity index (χ0) is 19.2. The summed E-state index contributed by atoms with van der Waals surface area (Å²) in [6.07, 6.45) is 3.09. The van der Waals surface area contributed by atoms with Crippen molar-refractivity contribution in [3.63, 3.8) is 0 Å². The Morgan fingerprint density at radius 2 is 2.04 bits per heavy atom. The van der Waals surface area contributed by atoms with Gasteiger partial charge in [0, 0.05) is 11.1 Å². The van der Waals surface area contributed by atoms with Crippen molar-refractivity contribution in [1.82, 2.24) is 0 Å². The normalized spacial score (nSPS) is 12.7. The number of amides is 1. The smallest absolute Gasteiger partial charge is 0.248 e. The Morgan fingerprint density at radius 1 is 1.22 bits per heavy atom. The molecule has 1 amide bonds. The Hall–Kier alpha value is -2.86. The summed E-state index contributed by atoms with van der Waals surface area (Å²) < 4.78 is 22.0. The van der Waals surface area contributed by atoms with Gasteiger partial charge < -0.3 is 24.3 Å². The molecule has 27 heavy (non-hydrogen) atoms. The number of anilines is 1. The minimum atomic E-state index is -0.313. The number of carbonyl (C=O) groups excluding carboxylic acids is 1. The number of rotatable bonds is 6. The maximum Gasteiger partial charge on any atom is 0.248 e. The van der Waals surface area contributed by atoms with E-state index in [-0.39, 0.29) is 5.91 Å². The van der Waals surface area contributed by atoms with Gasteiger partial charge in [-0.2, -0.15) is 0 Å². The van der Waals surface area contributed by atoms with Crippen LogP contribution < -0.4 is 24.3 Å². The van der Waals surface area contributed by atoms with Gasteiger partial charge in [-0.1, -0.05) is 11.6 Å². The first-order chi connectivity index (χ1) is 13.1. The van der Waals surface area contributed by atoms with Gasteiger partial charge in [0.15, 0.2) is 11.5 Å². The van der Waals surface area contributed by atoms with E-state index in [0.29, 0.717) is 53.5 Å². The fourth-order valence-corrected chi connectivity index (χ4v) is 2.79. The zero-order valence-corrected chi connectivity index (χ0v) is 15.8. The Bertz CT molecular complexity index is 848. The van der Waals surface area contributed by atoms with Gasteiger partial charge in [-0.15, -0.1) is 0 Å². The average Bonchev–Trinajstić information content (AvgIpc) is 2.68. The van der Waals surface area contributed by atoms with E-state index in [0.717, 1.165) is 5.56 Å². The van der Waals surface area contributed by atoms with Crippen LogP contribution in [0.5, 0.6) is 23.0 Å². The maximum absolute atomic E-state index is 12.3. The van der Waals surface area contributed by atoms with Crippen molar-refractivity contribution in [1.29, 1.82) is 0 Å². The van der Waals surface area contributed by atoms with E-state index in [1.807, 2.05) is 6.92 Å². The number of benzene rings is 2. The number of hydrogen-bond donors (Lipinski definition) is 1. The van der Waals surface area contributed by atoms with Gasteiger partial charge >= 0.3 is 0 Å². The Kier molecular flexibility index (Phi) is 6.08. The first-order valence-corrected chi connectivity index (χ1v) is 8.87. The molecular weight excluding hydrogens is 370 g/mol. The molecule has 0 saturated heterocycles. The summed E-state index contributed by atoms with van der Waals surface area (Å²) in [5.74, 6) is 1.97. The molecule has 1 aliphatic heterocycles. The lowest BCUT2D eigenvalue weighted by molar-refractivity contribution is -0.111. The van der Waals surface area contributed by atoms with Crippen molar-refractivity contribution in [3.05, 3.63) is 47.0 Å². The third-order valence-electron chi connectivity index (χ3n) is 3.78. The summed E-state index contributed by atoms with van der Waals surface area (Å²) in [6.45, 7) is 3.30. The second kappa shape index (κ2) is 8.68. The summed E-state index contributed by atoms with van der Waals surface area (Å²) in [5.41, 5.74) is 1.26. The topological polar surface area (TPSA) is 66.0 Å². The van der Waals surface area contributed by atoms with Crippen molar-refractivity contribution in [3.8, 4) is 23.0 Å². The monoisotopic (exact) mass is 389 g/mol. The third kappa shape index (κ3) is 4.65. The lowest BCUT2D eigenvalue weighted by Gasteiger charge is -2.20. The zero-order valence-electron chi connectivity index (χ0n) is 15.1. The fourth-order valence-electron chi connectivity index (χ4n) is 2.62. The predicted octanol–water partition coefficient (Wildman–Crippen LogP) is 4.17. The van der Waals surface area contributed by atoms with Crippen molar-refractivity contribution in [2.45, 2.75) is 6.92 Å². The SMILES string of the molecule is CCOc1ccc(Cl)cc1NC(=O)/C=C/c1cc(OC)c2c(c1)OCCO2. The van der Waals surface area contributed by atoms with Gasteiger partial charge in [0.05, 0.1) is 19.4 Å². The van der Waals surface area contributed by atoms with Crippen LogP contribution in [0.3, 0.4) is 0 Å². The highest BCUT2D eigenvalue weighted by atomic mass is 35.5. The van der Waals surface area contributed by atoms with Crippen molar-refractivity contribution in [2.75, 3.05) is 32.2 Å². The van der Waals surface area contributed by atoms with E-state index < -0.39 is 0 Å². The fraction of sp³-hybridized carbons (Fsp3) is 0.250. The van der Waals surface area contributed by atoms with Gasteiger partial charge in [-0.05, 0) is 48.9 Å². The highest BCUT2D eigenvalue weighted by Crippen LogP contribution is 2.40. The standard InChI is InChI=1S/C20H20ClNO5/c1-3-25-16-6-5-14(21)12-15(16)22-19(23)7-4-13-10-17(24-2)20-18(11-13)26-8-9-27-20/h4-7,10-12H,3,8-9H2,1-2H3,(H,22,23)/b7-4+. The highest BCUT2D eigenvalue weighted by Gasteiger charge is 2.17. The lowest BCUT2D eigenvalue weighted by Crippen LogP contribution is -2.16. The van der Waals surface area contributed by atoms with Crippen molar-refractivity contribution < 1.29 is 23.7 Å². The molecule has 142 valence electrons. The predicted molar refractivity (Wildman–Crippen MR) is 104 cm³/mol. The summed E-state index contributed by atoms with van der Waals surface area (Å²) in [6, 6.07) is 8.65. The molecule has 2 aromatic carbocycles. The number of fused-ring (bicyclic) bond motifs is 1. The van der Waals surface area contributed by atoms with Crippen LogP contribution in [-0.2, 0) is 4.79 Å². The number of nitrogens with one attached hydrogen (secondary N) is 1. The van der Waals surface area contributed by atoms with Crippen LogP contribution in [0.15, 0.2) is 36.4 Å². The molecule has 2 aromatic rings. The van der Waals surface area contributed by atoms with Crippen LogP contribution in [0.25, 0.3) is 6.08 Å². The van der Waals surface area contributed by atoms with Crippen molar-refractivity contribution in [2.24, 2.45) is 0 Å². The molecule has 6 nitrogen and oxygen atoms in total. The van der Waals surface area contributed by atoms with Crippen LogP contribution >= 0.6 is 11.6 Å². The van der Waals surface area contributed by atoms with Crippen LogP contribution in [0.1, 0.15) is 12.5 Å². The molecule has 0 atom stereocenters. The molecular formula is C20H20ClNO5. The molecule has 3 rings (SSSR count). The largest absolute Gasteiger partial charge is 0.493 e. The minimum Gasteiger partial charge on any atom is -0.493 e. The minimum absolute atomic E-state index is 0.313. The van der Waals surface area contributed by atoms with E-state index in [1.54, 1.807) is 43.5 Å². The summed E-state index contributed by atoms with van der Waals surface area (Å²) in [7, 11) is 1.56. The summed E-state index contributed by atoms with van der Waals surface area (Å²) in [5, 5.41) is 3.28. The molecule has 7 heteroatoms. The van der Waals surface area contributed by atoms with Gasteiger partial charge in [0.1, 0.15) is 19.0 Å². The van der Waals surface area contributed by atoms with E-state index in [9.17, 15) is 4.79 Å². The third-order valence-corrected chi connectivity index (χ3v) is 4.01. The Labute approximate surface area is 162 Å². The quantitative estimate of drug-likeness (QED) is 0.751. The van der Waals surface area contributed by atoms with Gasteiger partial charge in [0.2, 0.25) is 11.7 Å². The molecule has 0 saturated carbocycles. The first kappa shape index (κ1) is 18.9. The van der Waals surface area contributed by atoms with Gasteiger partial charge in [-0.25, -0.2) is 0 Å². The molecule has 0 aliphatic carbocycles. The molecule has 0 radical (unpaired) electrons. The highest BCUT2D eigenvalue weighted by molar-refractivity contribution is 6.31. The number of halogens is 1. The van der Waals surface area contributed by atoms with Crippen LogP contribution in [0, 0.1) is 0 Å². The Balaban J connectivity index is 1.77. The van der Waals surface area contributed by atoms with E-state index >= 15 is 0 Å². The average molecular weight is 390 g/mol. The Morgan fingerprint density at radius 3 is 2.81 bits per heavy atom. The van der Waals surface area contributed by atoms with Crippen LogP contribution in [0.4, 0.5) is 5.69 Å². The van der Waals surface area contributed by atoms with Crippen LogP contribution in [-0.4, -0.2) is 32.8 Å². The molecule has 0 unspecified atom stereocenters. The van der Waals surface area contributed by atoms with E-state index in [4.69, 9.17) is 30.5 Å². The molecule has 1 N–H and O–H groups in total. The maximum atomic E-state index is 12.3. The number of hydrogen-bond acceptors (Lipinski definition) is 5. The van der Waals surface area contributed by atoms with Crippen molar-refractivity contribution >= 4 is 29.3 Å². The first-order valence-electron chi connectivity index (χ1n) is 8.49. The second-order valence-electron chi connectivity index (χ2n) is 5.64. The molecule has 0 aromatic heterocycles. The van der Waals surface area contributed by atoms with Gasteiger partial charge in [0.25, 0.3) is 0 Å². The van der Waals surface area contributed by atoms with Crippen LogP contribution in [0.2, 0.25) is 5.02 Å². The summed E-state index contributed by atoms with van der Waals surface area (Å²) >= 11 is 6.01. The molecule has 1 aliphatic rings. The van der Waals surface area contributed by atoms with E-state index in [2.05, 4.69) is 5.32 Å². The summed E-state index contributed by atoms with van der Waals surface area (Å²) in [4.78, 5) is 12.3.